The maximum Gasteiger partial charge on any atom is 0.256 e. The van der Waals surface area contributed by atoms with Gasteiger partial charge < -0.3 is 21.3 Å². The predicted octanol–water partition coefficient (Wildman–Crippen LogP) is 16.3. The van der Waals surface area contributed by atoms with E-state index in [1.54, 1.807) is 0 Å². The van der Waals surface area contributed by atoms with Gasteiger partial charge in [-0.3, -0.25) is 19.2 Å². The number of hydrogen-bond donors (Lipinski definition) is 4. The first-order valence-electron chi connectivity index (χ1n) is 26.3. The van der Waals surface area contributed by atoms with Gasteiger partial charge in [-0.25, -0.2) is 0 Å². The lowest BCUT2D eigenvalue weighted by molar-refractivity contribution is 0.0974. The molecule has 0 unspecified atom stereocenters. The topological polar surface area (TPSA) is 116 Å². The number of anilines is 4. The van der Waals surface area contributed by atoms with Gasteiger partial charge in [-0.05, 0) is 154 Å². The smallest absolute Gasteiger partial charge is 0.256 e. The van der Waals surface area contributed by atoms with Crippen molar-refractivity contribution in [2.75, 3.05) is 27.8 Å². The Labute approximate surface area is 427 Å². The quantitative estimate of drug-likeness (QED) is 0.0516. The zero-order chi connectivity index (χ0) is 52.4. The van der Waals surface area contributed by atoms with Gasteiger partial charge in [0.05, 0.1) is 23.2 Å². The highest BCUT2D eigenvalue weighted by Crippen LogP contribution is 2.36. The van der Waals surface area contributed by atoms with Crippen LogP contribution in [0.3, 0.4) is 0 Å². The summed E-state index contributed by atoms with van der Waals surface area (Å²) in [6.07, 6.45) is 0. The second kappa shape index (κ2) is 24.9. The molecule has 0 bridgehead atoms. The van der Waals surface area contributed by atoms with Crippen molar-refractivity contribution in [3.8, 4) is 0 Å². The summed E-state index contributed by atoms with van der Waals surface area (Å²) in [6, 6.07) is 34.4. The van der Waals surface area contributed by atoms with Crippen molar-refractivity contribution in [2.24, 2.45) is 47.3 Å². The minimum Gasteiger partial charge on any atom is -0.378 e. The molecule has 0 saturated carbocycles. The zero-order valence-electron chi connectivity index (χ0n) is 45.7. The van der Waals surface area contributed by atoms with E-state index in [1.165, 1.54) is 34.4 Å². The number of ketones is 1. The molecule has 8 heteroatoms. The Hall–Kier alpha value is -6.02. The molecule has 8 nitrogen and oxygen atoms in total. The molecule has 71 heavy (non-hydrogen) atoms. The van der Waals surface area contributed by atoms with Crippen LogP contribution in [0.4, 0.5) is 22.7 Å². The molecule has 5 rings (SSSR count). The highest BCUT2D eigenvalue weighted by molar-refractivity contribution is 6.20. The molecule has 0 saturated heterocycles. The van der Waals surface area contributed by atoms with E-state index < -0.39 is 23.5 Å². The van der Waals surface area contributed by atoms with Crippen molar-refractivity contribution >= 4 is 46.3 Å². The number of hydrogen-bond acceptors (Lipinski definition) is 5. The van der Waals surface area contributed by atoms with Crippen molar-refractivity contribution < 1.29 is 19.2 Å². The number of amides is 3. The van der Waals surface area contributed by atoms with Gasteiger partial charge in [-0.15, -0.1) is 0 Å². The van der Waals surface area contributed by atoms with Crippen molar-refractivity contribution in [2.45, 2.75) is 134 Å². The molecule has 0 spiro atoms. The van der Waals surface area contributed by atoms with Crippen LogP contribution >= 0.6 is 0 Å². The largest absolute Gasteiger partial charge is 0.378 e. The van der Waals surface area contributed by atoms with Crippen LogP contribution in [0.5, 0.6) is 0 Å². The number of rotatable bonds is 22. The molecule has 0 aliphatic carbocycles. The maximum atomic E-state index is 14.6. The van der Waals surface area contributed by atoms with Gasteiger partial charge in [0, 0.05) is 28.3 Å². The Bertz CT molecular complexity index is 2520. The summed E-state index contributed by atoms with van der Waals surface area (Å²) in [4.78, 5) is 58.6. The van der Waals surface area contributed by atoms with Crippen LogP contribution in [0, 0.1) is 47.3 Å². The van der Waals surface area contributed by atoms with E-state index in [-0.39, 0.29) is 28.8 Å². The summed E-state index contributed by atoms with van der Waals surface area (Å²) >= 11 is 0. The Morgan fingerprint density at radius 1 is 0.310 bits per heavy atom. The molecule has 380 valence electrons. The maximum absolute atomic E-state index is 14.6. The first-order chi connectivity index (χ1) is 33.5. The van der Waals surface area contributed by atoms with E-state index in [1.807, 2.05) is 84.9 Å². The van der Waals surface area contributed by atoms with Crippen LogP contribution in [0.2, 0.25) is 0 Å². The highest BCUT2D eigenvalue weighted by Gasteiger charge is 2.28. The zero-order valence-corrected chi connectivity index (χ0v) is 45.7. The Morgan fingerprint density at radius 2 is 0.521 bits per heavy atom. The summed E-state index contributed by atoms with van der Waals surface area (Å²) in [5, 5.41) is 12.3. The van der Waals surface area contributed by atoms with Crippen LogP contribution in [0.1, 0.15) is 198 Å². The highest BCUT2D eigenvalue weighted by atomic mass is 16.2. The Kier molecular flexibility index (Phi) is 19.6. The van der Waals surface area contributed by atoms with Crippen LogP contribution in [-0.4, -0.2) is 30.0 Å². The van der Waals surface area contributed by atoms with E-state index in [0.29, 0.717) is 88.1 Å². The lowest BCUT2D eigenvalue weighted by Gasteiger charge is -2.25. The van der Waals surface area contributed by atoms with Crippen LogP contribution in [-0.2, 0) is 0 Å². The van der Waals surface area contributed by atoms with Gasteiger partial charge in [0.2, 0.25) is 0 Å². The average molecular weight is 961 g/mol. The number of Topliss-reactive ketones (excluding diaryl/α,β-unsaturated/α-hetero) is 1. The molecule has 0 aromatic heterocycles. The standard InChI is InChI=1S/C63H84N4O4/c1-36(2)57(37(3)4)44-17-25-48(26-18-44)64-35-56(68)52-33-54(62(70)66-50-29-21-46(22-30-50)59(40(9)10)41(11)12)55(63(71)67-51-31-23-47(24-32-51)60(42(13)14)43(15)16)34-53(52)61(69)65-49-27-19-45(20-28-49)58(38(5)6)39(7)8/h17-34,36-43,57-60,64H,35H2,1-16H3,(H,65,69)(H,66,70)(H,67,71). The van der Waals surface area contributed by atoms with E-state index in [2.05, 4.69) is 144 Å². The van der Waals surface area contributed by atoms with E-state index in [0.717, 1.165) is 5.69 Å². The molecule has 0 atom stereocenters. The Balaban J connectivity index is 1.60. The van der Waals surface area contributed by atoms with Crippen molar-refractivity contribution in [3.05, 3.63) is 154 Å². The number of benzene rings is 5. The lowest BCUT2D eigenvalue weighted by Crippen LogP contribution is -2.26. The Morgan fingerprint density at radius 3 is 0.761 bits per heavy atom. The molecule has 3 amide bonds. The fourth-order valence-electron chi connectivity index (χ4n) is 11.6. The van der Waals surface area contributed by atoms with E-state index in [4.69, 9.17) is 0 Å². The van der Waals surface area contributed by atoms with Crippen LogP contribution < -0.4 is 21.3 Å². The fourth-order valence-corrected chi connectivity index (χ4v) is 11.6. The van der Waals surface area contributed by atoms with E-state index >= 15 is 0 Å². The van der Waals surface area contributed by atoms with Crippen molar-refractivity contribution in [1.82, 2.24) is 0 Å². The minimum absolute atomic E-state index is 0.00845. The molecule has 0 heterocycles. The number of nitrogens with one attached hydrogen (secondary N) is 4. The van der Waals surface area contributed by atoms with Gasteiger partial charge in [-0.1, -0.05) is 159 Å². The normalized spacial score (nSPS) is 12.1. The van der Waals surface area contributed by atoms with Crippen LogP contribution in [0.25, 0.3) is 0 Å². The number of carbonyl (C=O) groups excluding carboxylic acids is 4. The van der Waals surface area contributed by atoms with Gasteiger partial charge >= 0.3 is 0 Å². The second-order valence-electron chi connectivity index (χ2n) is 22.6. The third kappa shape index (κ3) is 14.3. The van der Waals surface area contributed by atoms with Gasteiger partial charge in [0.25, 0.3) is 17.7 Å². The molecule has 0 aliphatic heterocycles. The molecule has 0 aliphatic rings. The second-order valence-corrected chi connectivity index (χ2v) is 22.6. The summed E-state index contributed by atoms with van der Waals surface area (Å²) in [6.45, 7) is 35.3. The predicted molar refractivity (Wildman–Crippen MR) is 299 cm³/mol. The molecule has 5 aromatic rings. The monoisotopic (exact) mass is 961 g/mol. The van der Waals surface area contributed by atoms with E-state index in [9.17, 15) is 19.2 Å². The molecule has 0 fully saturated rings. The summed E-state index contributed by atoms with van der Waals surface area (Å²) < 4.78 is 0. The third-order valence-corrected chi connectivity index (χ3v) is 14.3. The third-order valence-electron chi connectivity index (χ3n) is 14.3. The van der Waals surface area contributed by atoms with Crippen molar-refractivity contribution in [3.63, 3.8) is 0 Å². The summed E-state index contributed by atoms with van der Waals surface area (Å²) in [5.74, 6) is 2.62. The number of carbonyl (C=O) groups is 4. The SMILES string of the molecule is CC(C)C(c1ccc(NCC(=O)c2cc(C(=O)Nc3ccc(C(C(C)C)C(C)C)cc3)c(C(=O)Nc3ccc(C(C(C)C)C(C)C)cc3)cc2C(=O)Nc2ccc(C(C(C)C)C(C)C)cc2)cc1)C(C)C. The molecule has 0 radical (unpaired) electrons. The molecular weight excluding hydrogens is 877 g/mol. The fraction of sp³-hybridized carbons (Fsp3) is 0.460. The average Bonchev–Trinajstić information content (AvgIpc) is 3.29. The molecular formula is C63H84N4O4. The lowest BCUT2D eigenvalue weighted by atomic mass is 9.80. The molecule has 4 N–H and O–H groups in total. The first kappa shape index (κ1) is 55.9. The van der Waals surface area contributed by atoms with Crippen molar-refractivity contribution in [1.29, 1.82) is 0 Å². The van der Waals surface area contributed by atoms with Gasteiger partial charge in [-0.2, -0.15) is 0 Å². The minimum atomic E-state index is -0.593. The van der Waals surface area contributed by atoms with Crippen LogP contribution in [0.15, 0.2) is 109 Å². The summed E-state index contributed by atoms with van der Waals surface area (Å²) in [7, 11) is 0. The summed E-state index contributed by atoms with van der Waals surface area (Å²) in [5.41, 5.74) is 7.00. The van der Waals surface area contributed by atoms with Gasteiger partial charge in [0.15, 0.2) is 5.78 Å². The first-order valence-corrected chi connectivity index (χ1v) is 26.3. The van der Waals surface area contributed by atoms with Gasteiger partial charge in [0.1, 0.15) is 0 Å². The molecule has 5 aromatic carbocycles.